The number of carbonyl (C=O) groups is 1. The maximum atomic E-state index is 12.6. The highest BCUT2D eigenvalue weighted by molar-refractivity contribution is 5.95. The minimum atomic E-state index is 0.157. The number of anilines is 1. The zero-order valence-electron chi connectivity index (χ0n) is 14.8. The van der Waals surface area contributed by atoms with Crippen LogP contribution in [0.15, 0.2) is 59.0 Å². The first-order chi connectivity index (χ1) is 12.7. The molecular weight excluding hydrogens is 326 g/mol. The Hall–Kier alpha value is -2.95. The van der Waals surface area contributed by atoms with Gasteiger partial charge in [-0.05, 0) is 30.2 Å². The summed E-state index contributed by atoms with van der Waals surface area (Å²) in [4.78, 5) is 14.5. The molecule has 0 unspecified atom stereocenters. The minimum Gasteiger partial charge on any atom is -0.421 e. The van der Waals surface area contributed by atoms with Crippen molar-refractivity contribution in [3.63, 3.8) is 0 Å². The number of rotatable bonds is 5. The van der Waals surface area contributed by atoms with Gasteiger partial charge in [0.2, 0.25) is 17.7 Å². The van der Waals surface area contributed by atoms with Crippen LogP contribution in [-0.2, 0) is 11.2 Å². The molecule has 0 bridgehead atoms. The summed E-state index contributed by atoms with van der Waals surface area (Å²) in [5, 5.41) is 8.18. The zero-order chi connectivity index (χ0) is 17.9. The van der Waals surface area contributed by atoms with E-state index in [1.54, 1.807) is 0 Å². The largest absolute Gasteiger partial charge is 0.421 e. The molecule has 0 aliphatic carbocycles. The molecule has 5 nitrogen and oxygen atoms in total. The van der Waals surface area contributed by atoms with Crippen LogP contribution in [0.25, 0.3) is 11.5 Å². The molecule has 0 fully saturated rings. The summed E-state index contributed by atoms with van der Waals surface area (Å²) in [5.74, 6) is 1.64. The molecule has 2 aromatic carbocycles. The molecule has 0 N–H and O–H groups in total. The van der Waals surface area contributed by atoms with Crippen molar-refractivity contribution in [1.82, 2.24) is 10.2 Å². The molecular formula is C21H21N3O2. The summed E-state index contributed by atoms with van der Waals surface area (Å²) < 4.78 is 5.70. The van der Waals surface area contributed by atoms with Gasteiger partial charge in [0, 0.05) is 36.6 Å². The Labute approximate surface area is 152 Å². The van der Waals surface area contributed by atoms with Crippen LogP contribution in [0.3, 0.4) is 0 Å². The van der Waals surface area contributed by atoms with Crippen molar-refractivity contribution in [3.8, 4) is 11.5 Å². The zero-order valence-corrected chi connectivity index (χ0v) is 14.8. The van der Waals surface area contributed by atoms with Crippen molar-refractivity contribution < 1.29 is 9.21 Å². The molecule has 3 aromatic rings. The molecule has 0 saturated heterocycles. The fraction of sp³-hybridized carbons (Fsp3) is 0.286. The summed E-state index contributed by atoms with van der Waals surface area (Å²) in [6, 6.07) is 17.9. The lowest BCUT2D eigenvalue weighted by atomic mass is 10.0. The van der Waals surface area contributed by atoms with E-state index in [1.165, 1.54) is 5.56 Å². The van der Waals surface area contributed by atoms with Gasteiger partial charge in [-0.3, -0.25) is 4.79 Å². The summed E-state index contributed by atoms with van der Waals surface area (Å²) in [6.45, 7) is 2.92. The molecule has 1 aromatic heterocycles. The number of para-hydroxylation sites is 1. The number of benzene rings is 2. The molecule has 4 rings (SSSR count). The van der Waals surface area contributed by atoms with Gasteiger partial charge >= 0.3 is 0 Å². The SMILES string of the molecule is C[C@@H]1CN(C(=O)CCCc2nnc(-c3ccccc3)o2)c2ccccc21. The third kappa shape index (κ3) is 3.25. The van der Waals surface area contributed by atoms with Crippen molar-refractivity contribution in [2.24, 2.45) is 0 Å². The maximum Gasteiger partial charge on any atom is 0.247 e. The number of aryl methyl sites for hydroxylation is 1. The van der Waals surface area contributed by atoms with Crippen molar-refractivity contribution in [3.05, 3.63) is 66.1 Å². The number of aromatic nitrogens is 2. The molecule has 5 heteroatoms. The highest BCUT2D eigenvalue weighted by Crippen LogP contribution is 2.36. The second kappa shape index (κ2) is 7.12. The standard InChI is InChI=1S/C21H21N3O2/c1-15-14-24(18-11-6-5-10-17(15)18)20(25)13-7-12-19-22-23-21(26-19)16-8-3-2-4-9-16/h2-6,8-11,15H,7,12-14H2,1H3/t15-/m1/s1. The van der Waals surface area contributed by atoms with E-state index in [0.717, 1.165) is 17.8 Å². The lowest BCUT2D eigenvalue weighted by molar-refractivity contribution is -0.118. The van der Waals surface area contributed by atoms with Gasteiger partial charge in [0.05, 0.1) is 0 Å². The van der Waals surface area contributed by atoms with Crippen LogP contribution in [-0.4, -0.2) is 22.6 Å². The second-order valence-corrected chi connectivity index (χ2v) is 6.68. The predicted octanol–water partition coefficient (Wildman–Crippen LogP) is 4.21. The van der Waals surface area contributed by atoms with Gasteiger partial charge in [-0.2, -0.15) is 0 Å². The van der Waals surface area contributed by atoms with E-state index in [2.05, 4.69) is 23.2 Å². The Morgan fingerprint density at radius 3 is 2.73 bits per heavy atom. The fourth-order valence-corrected chi connectivity index (χ4v) is 3.43. The Bertz CT molecular complexity index is 904. The van der Waals surface area contributed by atoms with E-state index in [4.69, 9.17) is 4.42 Å². The molecule has 1 aliphatic heterocycles. The van der Waals surface area contributed by atoms with Crippen LogP contribution in [0.5, 0.6) is 0 Å². The number of hydrogen-bond acceptors (Lipinski definition) is 4. The van der Waals surface area contributed by atoms with E-state index in [1.807, 2.05) is 53.4 Å². The number of fused-ring (bicyclic) bond motifs is 1. The summed E-state index contributed by atoms with van der Waals surface area (Å²) in [7, 11) is 0. The predicted molar refractivity (Wildman–Crippen MR) is 99.9 cm³/mol. The molecule has 1 amide bonds. The van der Waals surface area contributed by atoms with Gasteiger partial charge in [-0.25, -0.2) is 0 Å². The van der Waals surface area contributed by atoms with E-state index in [0.29, 0.717) is 37.0 Å². The maximum absolute atomic E-state index is 12.6. The van der Waals surface area contributed by atoms with Crippen molar-refractivity contribution >= 4 is 11.6 Å². The van der Waals surface area contributed by atoms with Gasteiger partial charge in [-0.1, -0.05) is 43.3 Å². The van der Waals surface area contributed by atoms with E-state index in [-0.39, 0.29) is 5.91 Å². The van der Waals surface area contributed by atoms with Crippen LogP contribution in [0.1, 0.15) is 37.1 Å². The topological polar surface area (TPSA) is 59.2 Å². The number of amides is 1. The number of hydrogen-bond donors (Lipinski definition) is 0. The Kier molecular flexibility index (Phi) is 4.52. The van der Waals surface area contributed by atoms with Gasteiger partial charge in [0.25, 0.3) is 0 Å². The molecule has 132 valence electrons. The first kappa shape index (κ1) is 16.5. The molecule has 0 radical (unpaired) electrons. The second-order valence-electron chi connectivity index (χ2n) is 6.68. The van der Waals surface area contributed by atoms with Crippen LogP contribution in [0.4, 0.5) is 5.69 Å². The Morgan fingerprint density at radius 2 is 1.88 bits per heavy atom. The third-order valence-electron chi connectivity index (χ3n) is 4.78. The Morgan fingerprint density at radius 1 is 1.12 bits per heavy atom. The average Bonchev–Trinajstić information content (AvgIpc) is 3.28. The number of carbonyl (C=O) groups excluding carboxylic acids is 1. The van der Waals surface area contributed by atoms with Crippen molar-refractivity contribution in [1.29, 1.82) is 0 Å². The molecule has 0 saturated carbocycles. The van der Waals surface area contributed by atoms with Gasteiger partial charge in [-0.15, -0.1) is 10.2 Å². The van der Waals surface area contributed by atoms with Crippen molar-refractivity contribution in [2.75, 3.05) is 11.4 Å². The fourth-order valence-electron chi connectivity index (χ4n) is 3.43. The molecule has 0 spiro atoms. The number of nitrogens with zero attached hydrogens (tertiary/aromatic N) is 3. The lowest BCUT2D eigenvalue weighted by Gasteiger charge is -2.17. The Balaban J connectivity index is 1.34. The quantitative estimate of drug-likeness (QED) is 0.694. The highest BCUT2D eigenvalue weighted by atomic mass is 16.4. The van der Waals surface area contributed by atoms with Crippen LogP contribution >= 0.6 is 0 Å². The first-order valence-electron chi connectivity index (χ1n) is 8.99. The monoisotopic (exact) mass is 347 g/mol. The lowest BCUT2D eigenvalue weighted by Crippen LogP contribution is -2.29. The highest BCUT2D eigenvalue weighted by Gasteiger charge is 2.28. The van der Waals surface area contributed by atoms with Gasteiger partial charge in [0.1, 0.15) is 0 Å². The van der Waals surface area contributed by atoms with Crippen LogP contribution in [0, 0.1) is 0 Å². The average molecular weight is 347 g/mol. The minimum absolute atomic E-state index is 0.157. The molecule has 26 heavy (non-hydrogen) atoms. The molecule has 1 aliphatic rings. The van der Waals surface area contributed by atoms with Crippen LogP contribution < -0.4 is 4.90 Å². The summed E-state index contributed by atoms with van der Waals surface area (Å²) in [5.41, 5.74) is 3.21. The van der Waals surface area contributed by atoms with Gasteiger partial charge < -0.3 is 9.32 Å². The summed E-state index contributed by atoms with van der Waals surface area (Å²) >= 11 is 0. The van der Waals surface area contributed by atoms with E-state index < -0.39 is 0 Å². The van der Waals surface area contributed by atoms with Crippen LogP contribution in [0.2, 0.25) is 0 Å². The van der Waals surface area contributed by atoms with E-state index >= 15 is 0 Å². The third-order valence-corrected chi connectivity index (χ3v) is 4.78. The molecule has 2 heterocycles. The van der Waals surface area contributed by atoms with Crippen molar-refractivity contribution in [2.45, 2.75) is 32.1 Å². The molecule has 1 atom stereocenters. The smallest absolute Gasteiger partial charge is 0.247 e. The van der Waals surface area contributed by atoms with Gasteiger partial charge in [0.15, 0.2) is 0 Å². The van der Waals surface area contributed by atoms with E-state index in [9.17, 15) is 4.79 Å². The first-order valence-corrected chi connectivity index (χ1v) is 8.99. The normalized spacial score (nSPS) is 15.9. The summed E-state index contributed by atoms with van der Waals surface area (Å²) in [6.07, 6.45) is 1.78.